The molecule has 0 bridgehead atoms. The summed E-state index contributed by atoms with van der Waals surface area (Å²) in [6, 6.07) is 5.48. The van der Waals surface area contributed by atoms with Crippen molar-refractivity contribution >= 4 is 11.8 Å². The predicted molar refractivity (Wildman–Crippen MR) is 86.2 cm³/mol. The molecule has 1 aliphatic carbocycles. The Bertz CT molecular complexity index is 641. The molecule has 23 heavy (non-hydrogen) atoms. The molecule has 0 aromatic heterocycles. The van der Waals surface area contributed by atoms with Gasteiger partial charge in [0, 0.05) is 18.7 Å². The van der Waals surface area contributed by atoms with E-state index in [0.29, 0.717) is 17.4 Å². The van der Waals surface area contributed by atoms with Crippen molar-refractivity contribution in [1.29, 1.82) is 0 Å². The van der Waals surface area contributed by atoms with E-state index in [9.17, 15) is 9.59 Å². The fourth-order valence-corrected chi connectivity index (χ4v) is 3.97. The highest BCUT2D eigenvalue weighted by atomic mass is 16.5. The summed E-state index contributed by atoms with van der Waals surface area (Å²) in [5.41, 5.74) is 4.16. The van der Waals surface area contributed by atoms with Crippen molar-refractivity contribution in [3.63, 3.8) is 0 Å². The van der Waals surface area contributed by atoms with Crippen LogP contribution in [0.1, 0.15) is 48.2 Å². The van der Waals surface area contributed by atoms with Crippen molar-refractivity contribution in [3.8, 4) is 0 Å². The maximum absolute atomic E-state index is 12.9. The average Bonchev–Trinajstić information content (AvgIpc) is 2.82. The van der Waals surface area contributed by atoms with Gasteiger partial charge < -0.3 is 4.90 Å². The number of likely N-dealkylation sites (tertiary alicyclic amines) is 1. The summed E-state index contributed by atoms with van der Waals surface area (Å²) in [5.74, 6) is 0.298. The average molecular weight is 316 g/mol. The molecule has 0 saturated carbocycles. The molecular weight excluding hydrogens is 292 g/mol. The third-order valence-electron chi connectivity index (χ3n) is 5.16. The minimum Gasteiger partial charge on any atom is -0.342 e. The normalized spacial score (nSPS) is 23.5. The summed E-state index contributed by atoms with van der Waals surface area (Å²) in [5, 5.41) is 8.75. The third-order valence-corrected chi connectivity index (χ3v) is 5.16. The Morgan fingerprint density at radius 2 is 2.13 bits per heavy atom. The van der Waals surface area contributed by atoms with Gasteiger partial charge in [0.1, 0.15) is 0 Å². The lowest BCUT2D eigenvalue weighted by Crippen LogP contribution is -2.40. The molecule has 1 aromatic carbocycles. The summed E-state index contributed by atoms with van der Waals surface area (Å²) >= 11 is 0. The summed E-state index contributed by atoms with van der Waals surface area (Å²) in [7, 11) is 0. The highest BCUT2D eigenvalue weighted by Gasteiger charge is 2.47. The Kier molecular flexibility index (Phi) is 4.15. The van der Waals surface area contributed by atoms with Crippen molar-refractivity contribution in [3.05, 3.63) is 34.9 Å². The van der Waals surface area contributed by atoms with Crippen LogP contribution in [0.3, 0.4) is 0 Å². The van der Waals surface area contributed by atoms with E-state index in [1.807, 2.05) is 17.0 Å². The minimum absolute atomic E-state index is 0.247. The van der Waals surface area contributed by atoms with Crippen molar-refractivity contribution in [1.82, 2.24) is 10.4 Å². The van der Waals surface area contributed by atoms with E-state index in [1.54, 1.807) is 11.5 Å². The lowest BCUT2D eigenvalue weighted by Gasteiger charge is -2.33. The molecule has 1 aliphatic heterocycles. The Hall–Kier alpha value is -1.88. The Morgan fingerprint density at radius 1 is 1.35 bits per heavy atom. The molecule has 1 aromatic rings. The van der Waals surface area contributed by atoms with E-state index in [1.165, 1.54) is 0 Å². The number of hydroxylamine groups is 1. The number of nitrogens with one attached hydrogen (secondary N) is 1. The van der Waals surface area contributed by atoms with E-state index in [-0.39, 0.29) is 5.41 Å². The van der Waals surface area contributed by atoms with Gasteiger partial charge in [0.25, 0.3) is 5.91 Å². The SMILES string of the molecule is CC(C)CN1CC[C@]2(CCc3cc(C(=O)NO)ccc3C2)C1=O. The molecule has 1 fully saturated rings. The number of amides is 2. The smallest absolute Gasteiger partial charge is 0.274 e. The van der Waals surface area contributed by atoms with Crippen molar-refractivity contribution in [2.45, 2.75) is 39.5 Å². The zero-order valence-electron chi connectivity index (χ0n) is 13.8. The van der Waals surface area contributed by atoms with Crippen molar-refractivity contribution in [2.75, 3.05) is 13.1 Å². The Morgan fingerprint density at radius 3 is 2.83 bits per heavy atom. The van der Waals surface area contributed by atoms with Gasteiger partial charge in [0.15, 0.2) is 0 Å². The second-order valence-corrected chi connectivity index (χ2v) is 7.28. The number of carbonyl (C=O) groups excluding carboxylic acids is 2. The number of fused-ring (bicyclic) bond motifs is 1. The molecule has 2 aliphatic rings. The van der Waals surface area contributed by atoms with Crippen LogP contribution in [-0.2, 0) is 17.6 Å². The molecule has 5 heteroatoms. The summed E-state index contributed by atoms with van der Waals surface area (Å²) in [6.45, 7) is 5.98. The van der Waals surface area contributed by atoms with E-state index in [2.05, 4.69) is 13.8 Å². The molecule has 2 amide bonds. The van der Waals surface area contributed by atoms with Gasteiger partial charge in [0.2, 0.25) is 5.91 Å². The molecule has 5 nitrogen and oxygen atoms in total. The largest absolute Gasteiger partial charge is 0.342 e. The molecule has 1 saturated heterocycles. The van der Waals surface area contributed by atoms with Gasteiger partial charge in [-0.05, 0) is 54.9 Å². The first-order valence-corrected chi connectivity index (χ1v) is 8.31. The molecule has 124 valence electrons. The topological polar surface area (TPSA) is 69.6 Å². The van der Waals surface area contributed by atoms with Crippen LogP contribution in [0.15, 0.2) is 18.2 Å². The molecule has 0 radical (unpaired) electrons. The van der Waals surface area contributed by atoms with Crippen LogP contribution in [0.2, 0.25) is 0 Å². The second kappa shape index (κ2) is 5.96. The summed E-state index contributed by atoms with van der Waals surface area (Å²) in [4.78, 5) is 26.4. The van der Waals surface area contributed by atoms with E-state index >= 15 is 0 Å². The van der Waals surface area contributed by atoms with E-state index in [4.69, 9.17) is 5.21 Å². The molecule has 1 heterocycles. The molecule has 1 atom stereocenters. The van der Waals surface area contributed by atoms with Gasteiger partial charge in [0.05, 0.1) is 5.41 Å². The third kappa shape index (κ3) is 2.85. The number of nitrogens with zero attached hydrogens (tertiary/aromatic N) is 1. The predicted octanol–water partition coefficient (Wildman–Crippen LogP) is 2.17. The summed E-state index contributed by atoms with van der Waals surface area (Å²) in [6.07, 6.45) is 3.34. The number of hydrogen-bond acceptors (Lipinski definition) is 3. The minimum atomic E-state index is -0.492. The van der Waals surface area contributed by atoms with Gasteiger partial charge in [-0.3, -0.25) is 14.8 Å². The van der Waals surface area contributed by atoms with E-state index in [0.717, 1.165) is 49.9 Å². The number of hydrogen-bond donors (Lipinski definition) is 2. The highest BCUT2D eigenvalue weighted by Crippen LogP contribution is 2.44. The number of carbonyl (C=O) groups is 2. The van der Waals surface area contributed by atoms with Crippen LogP contribution in [0.4, 0.5) is 0 Å². The Labute approximate surface area is 136 Å². The first-order valence-electron chi connectivity index (χ1n) is 8.31. The highest BCUT2D eigenvalue weighted by molar-refractivity contribution is 5.93. The zero-order valence-corrected chi connectivity index (χ0v) is 13.8. The van der Waals surface area contributed by atoms with E-state index < -0.39 is 5.91 Å². The van der Waals surface area contributed by atoms with Crippen molar-refractivity contribution in [2.24, 2.45) is 11.3 Å². The van der Waals surface area contributed by atoms with Gasteiger partial charge in [-0.15, -0.1) is 0 Å². The second-order valence-electron chi connectivity index (χ2n) is 7.28. The van der Waals surface area contributed by atoms with Gasteiger partial charge >= 0.3 is 0 Å². The van der Waals surface area contributed by atoms with Gasteiger partial charge in [-0.1, -0.05) is 19.9 Å². The van der Waals surface area contributed by atoms with Crippen LogP contribution in [-0.4, -0.2) is 35.0 Å². The number of rotatable bonds is 3. The van der Waals surface area contributed by atoms with Crippen LogP contribution in [0, 0.1) is 11.3 Å². The molecule has 0 unspecified atom stereocenters. The molecular formula is C18H24N2O3. The maximum atomic E-state index is 12.9. The summed E-state index contributed by atoms with van der Waals surface area (Å²) < 4.78 is 0. The standard InChI is InChI=1S/C18H24N2O3/c1-12(2)11-20-8-7-18(17(20)22)6-5-13-9-14(16(21)19-23)3-4-15(13)10-18/h3-4,9,12,23H,5-8,10-11H2,1-2H3,(H,19,21)/t18-/m0/s1. The molecule has 2 N–H and O–H groups in total. The van der Waals surface area contributed by atoms with Crippen LogP contribution in [0.25, 0.3) is 0 Å². The van der Waals surface area contributed by atoms with Gasteiger partial charge in [-0.2, -0.15) is 0 Å². The maximum Gasteiger partial charge on any atom is 0.274 e. The van der Waals surface area contributed by atoms with Crippen molar-refractivity contribution < 1.29 is 14.8 Å². The lowest BCUT2D eigenvalue weighted by molar-refractivity contribution is -0.137. The first kappa shape index (κ1) is 16.0. The quantitative estimate of drug-likeness (QED) is 0.663. The Balaban J connectivity index is 1.81. The molecule has 3 rings (SSSR count). The lowest BCUT2D eigenvalue weighted by atomic mass is 9.70. The van der Waals surface area contributed by atoms with Crippen LogP contribution < -0.4 is 5.48 Å². The number of benzene rings is 1. The zero-order chi connectivity index (χ0) is 16.6. The molecule has 1 spiro atoms. The first-order chi connectivity index (χ1) is 10.9. The van der Waals surface area contributed by atoms with Crippen LogP contribution in [0.5, 0.6) is 0 Å². The van der Waals surface area contributed by atoms with Gasteiger partial charge in [-0.25, -0.2) is 5.48 Å². The fraction of sp³-hybridized carbons (Fsp3) is 0.556. The number of aryl methyl sites for hydroxylation is 1. The fourth-order valence-electron chi connectivity index (χ4n) is 3.97. The monoisotopic (exact) mass is 316 g/mol. The van der Waals surface area contributed by atoms with Crippen LogP contribution >= 0.6 is 0 Å².